The molecule has 0 aliphatic heterocycles. The predicted molar refractivity (Wildman–Crippen MR) is 98.8 cm³/mol. The maximum absolute atomic E-state index is 10.2. The molecule has 23 heavy (non-hydrogen) atoms. The lowest BCUT2D eigenvalue weighted by Crippen LogP contribution is -2.26. The SMILES string of the molecule is CCC(O)(CC)CCCCCOCCCCC(CC)(CC)CO. The lowest BCUT2D eigenvalue weighted by Gasteiger charge is -2.29. The standard InChI is InChI=1S/C20H42O3/c1-5-19(6-2,18-21)14-11-13-17-23-16-12-9-10-15-20(22,7-3)8-4/h21-22H,5-18H2,1-4H3. The van der Waals surface area contributed by atoms with Crippen molar-refractivity contribution in [3.8, 4) is 0 Å². The Labute approximate surface area is 144 Å². The summed E-state index contributed by atoms with van der Waals surface area (Å²) in [6.45, 7) is 10.5. The second kappa shape index (κ2) is 13.2. The Bertz CT molecular complexity index is 249. The maximum atomic E-state index is 10.2. The van der Waals surface area contributed by atoms with Gasteiger partial charge >= 0.3 is 0 Å². The van der Waals surface area contributed by atoms with Crippen LogP contribution in [0.25, 0.3) is 0 Å². The van der Waals surface area contributed by atoms with Crippen LogP contribution in [0.4, 0.5) is 0 Å². The minimum absolute atomic E-state index is 0.134. The Hall–Kier alpha value is -0.120. The molecule has 0 atom stereocenters. The smallest absolute Gasteiger partial charge is 0.0642 e. The number of rotatable bonds is 16. The molecule has 0 aliphatic carbocycles. The van der Waals surface area contributed by atoms with Gasteiger partial charge < -0.3 is 14.9 Å². The second-order valence-corrected chi connectivity index (χ2v) is 7.18. The molecule has 0 radical (unpaired) electrons. The molecule has 0 aromatic heterocycles. The molecule has 0 aliphatic rings. The van der Waals surface area contributed by atoms with Crippen molar-refractivity contribution < 1.29 is 14.9 Å². The molecule has 0 rings (SSSR count). The summed E-state index contributed by atoms with van der Waals surface area (Å²) in [6, 6.07) is 0. The van der Waals surface area contributed by atoms with Crippen molar-refractivity contribution in [3.05, 3.63) is 0 Å². The molecular weight excluding hydrogens is 288 g/mol. The van der Waals surface area contributed by atoms with E-state index in [-0.39, 0.29) is 5.41 Å². The third-order valence-corrected chi connectivity index (χ3v) is 5.83. The highest BCUT2D eigenvalue weighted by Gasteiger charge is 2.24. The first-order valence-corrected chi connectivity index (χ1v) is 9.92. The van der Waals surface area contributed by atoms with Gasteiger partial charge in [-0.1, -0.05) is 47.0 Å². The number of hydrogen-bond donors (Lipinski definition) is 2. The van der Waals surface area contributed by atoms with E-state index in [0.717, 1.165) is 83.8 Å². The summed E-state index contributed by atoms with van der Waals surface area (Å²) in [5.41, 5.74) is -0.312. The van der Waals surface area contributed by atoms with E-state index < -0.39 is 5.60 Å². The van der Waals surface area contributed by atoms with Gasteiger partial charge in [0.2, 0.25) is 0 Å². The molecule has 0 spiro atoms. The fraction of sp³-hybridized carbons (Fsp3) is 1.00. The molecule has 140 valence electrons. The summed E-state index contributed by atoms with van der Waals surface area (Å²) in [5.74, 6) is 0. The van der Waals surface area contributed by atoms with Gasteiger partial charge in [-0.05, 0) is 56.8 Å². The number of aliphatic hydroxyl groups is 2. The first kappa shape index (κ1) is 22.9. The van der Waals surface area contributed by atoms with Gasteiger partial charge in [0, 0.05) is 19.8 Å². The molecule has 0 saturated carbocycles. The van der Waals surface area contributed by atoms with Crippen molar-refractivity contribution in [2.45, 2.75) is 104 Å². The fourth-order valence-electron chi connectivity index (χ4n) is 3.15. The summed E-state index contributed by atoms with van der Waals surface area (Å²) in [6.07, 6.45) is 11.4. The van der Waals surface area contributed by atoms with Crippen LogP contribution in [0.15, 0.2) is 0 Å². The van der Waals surface area contributed by atoms with Gasteiger partial charge in [-0.25, -0.2) is 0 Å². The predicted octanol–water partition coefficient (Wildman–Crippen LogP) is 5.08. The Kier molecular flexibility index (Phi) is 13.1. The molecule has 0 saturated heterocycles. The number of ether oxygens (including phenoxy) is 1. The second-order valence-electron chi connectivity index (χ2n) is 7.18. The van der Waals surface area contributed by atoms with Gasteiger partial charge in [0.05, 0.1) is 5.60 Å². The molecule has 0 heterocycles. The zero-order valence-corrected chi connectivity index (χ0v) is 16.2. The Morgan fingerprint density at radius 2 is 1.22 bits per heavy atom. The first-order chi connectivity index (χ1) is 11.0. The molecule has 0 amide bonds. The van der Waals surface area contributed by atoms with Crippen LogP contribution in [0.2, 0.25) is 0 Å². The molecule has 0 aromatic carbocycles. The van der Waals surface area contributed by atoms with Crippen molar-refractivity contribution in [1.29, 1.82) is 0 Å². The molecule has 3 nitrogen and oxygen atoms in total. The monoisotopic (exact) mass is 330 g/mol. The third kappa shape index (κ3) is 9.69. The normalized spacial score (nSPS) is 12.8. The number of unbranched alkanes of at least 4 members (excludes halogenated alkanes) is 3. The highest BCUT2D eigenvalue weighted by Crippen LogP contribution is 2.31. The van der Waals surface area contributed by atoms with Gasteiger partial charge in [0.1, 0.15) is 0 Å². The van der Waals surface area contributed by atoms with Gasteiger partial charge in [-0.3, -0.25) is 0 Å². The van der Waals surface area contributed by atoms with Crippen molar-refractivity contribution in [2.24, 2.45) is 5.41 Å². The van der Waals surface area contributed by atoms with Gasteiger partial charge in [0.25, 0.3) is 0 Å². The first-order valence-electron chi connectivity index (χ1n) is 9.92. The summed E-state index contributed by atoms with van der Waals surface area (Å²) in [4.78, 5) is 0. The Morgan fingerprint density at radius 3 is 1.70 bits per heavy atom. The lowest BCUT2D eigenvalue weighted by molar-refractivity contribution is 0.0204. The summed E-state index contributed by atoms with van der Waals surface area (Å²) < 4.78 is 5.71. The van der Waals surface area contributed by atoms with Crippen LogP contribution in [0.1, 0.15) is 98.3 Å². The van der Waals surface area contributed by atoms with Crippen LogP contribution in [-0.2, 0) is 4.74 Å². The highest BCUT2D eigenvalue weighted by atomic mass is 16.5. The molecular formula is C20H42O3. The zero-order chi connectivity index (χ0) is 17.6. The van der Waals surface area contributed by atoms with Crippen molar-refractivity contribution >= 4 is 0 Å². The van der Waals surface area contributed by atoms with Crippen LogP contribution in [0.3, 0.4) is 0 Å². The van der Waals surface area contributed by atoms with E-state index in [1.54, 1.807) is 0 Å². The average Bonchev–Trinajstić information content (AvgIpc) is 2.60. The largest absolute Gasteiger partial charge is 0.396 e. The molecule has 0 bridgehead atoms. The van der Waals surface area contributed by atoms with Crippen molar-refractivity contribution in [1.82, 2.24) is 0 Å². The third-order valence-electron chi connectivity index (χ3n) is 5.83. The average molecular weight is 331 g/mol. The maximum Gasteiger partial charge on any atom is 0.0642 e. The van der Waals surface area contributed by atoms with Crippen LogP contribution < -0.4 is 0 Å². The minimum Gasteiger partial charge on any atom is -0.396 e. The van der Waals surface area contributed by atoms with E-state index in [9.17, 15) is 10.2 Å². The number of aliphatic hydroxyl groups excluding tert-OH is 1. The fourth-order valence-corrected chi connectivity index (χ4v) is 3.15. The molecule has 0 aromatic rings. The van der Waals surface area contributed by atoms with E-state index >= 15 is 0 Å². The van der Waals surface area contributed by atoms with E-state index in [2.05, 4.69) is 27.7 Å². The van der Waals surface area contributed by atoms with Crippen LogP contribution >= 0.6 is 0 Å². The van der Waals surface area contributed by atoms with Gasteiger partial charge in [0.15, 0.2) is 0 Å². The summed E-state index contributed by atoms with van der Waals surface area (Å²) >= 11 is 0. The van der Waals surface area contributed by atoms with Crippen LogP contribution in [-0.4, -0.2) is 35.6 Å². The molecule has 2 N–H and O–H groups in total. The minimum atomic E-state index is -0.446. The van der Waals surface area contributed by atoms with Crippen molar-refractivity contribution in [3.63, 3.8) is 0 Å². The highest BCUT2D eigenvalue weighted by molar-refractivity contribution is 4.75. The quantitative estimate of drug-likeness (QED) is 0.388. The topological polar surface area (TPSA) is 49.7 Å². The van der Waals surface area contributed by atoms with Crippen LogP contribution in [0.5, 0.6) is 0 Å². The number of hydrogen-bond acceptors (Lipinski definition) is 3. The lowest BCUT2D eigenvalue weighted by atomic mass is 9.79. The van der Waals surface area contributed by atoms with E-state index in [1.165, 1.54) is 0 Å². The Morgan fingerprint density at radius 1 is 0.696 bits per heavy atom. The van der Waals surface area contributed by atoms with Crippen molar-refractivity contribution in [2.75, 3.05) is 19.8 Å². The zero-order valence-electron chi connectivity index (χ0n) is 16.2. The van der Waals surface area contributed by atoms with Crippen LogP contribution in [0, 0.1) is 5.41 Å². The summed E-state index contributed by atoms with van der Waals surface area (Å²) in [7, 11) is 0. The van der Waals surface area contributed by atoms with Gasteiger partial charge in [-0.15, -0.1) is 0 Å². The Balaban J connectivity index is 3.50. The molecule has 3 heteroatoms. The molecule has 0 fully saturated rings. The van der Waals surface area contributed by atoms with Gasteiger partial charge in [-0.2, -0.15) is 0 Å². The molecule has 0 unspecified atom stereocenters. The van der Waals surface area contributed by atoms with E-state index in [1.807, 2.05) is 0 Å². The summed E-state index contributed by atoms with van der Waals surface area (Å²) in [5, 5.41) is 19.7. The van der Waals surface area contributed by atoms with E-state index in [0.29, 0.717) is 6.61 Å². The van der Waals surface area contributed by atoms with E-state index in [4.69, 9.17) is 4.74 Å².